The van der Waals surface area contributed by atoms with E-state index in [0.717, 1.165) is 24.7 Å². The molecular formula is C11H19NO. The predicted octanol–water partition coefficient (Wildman–Crippen LogP) is 1.55. The predicted molar refractivity (Wildman–Crippen MR) is 52.5 cm³/mol. The quantitative estimate of drug-likeness (QED) is 0.572. The van der Waals surface area contributed by atoms with Crippen LogP contribution in [0.4, 0.5) is 0 Å². The Kier molecular flexibility index (Phi) is 2.18. The highest BCUT2D eigenvalue weighted by atomic mass is 16.1. The van der Waals surface area contributed by atoms with Gasteiger partial charge in [0.15, 0.2) is 0 Å². The van der Waals surface area contributed by atoms with Crippen molar-refractivity contribution >= 4 is 6.29 Å². The second-order valence-electron chi connectivity index (χ2n) is 5.37. The summed E-state index contributed by atoms with van der Waals surface area (Å²) in [5.74, 6) is 1.54. The Morgan fingerprint density at radius 3 is 2.31 bits per heavy atom. The van der Waals surface area contributed by atoms with Crippen molar-refractivity contribution < 1.29 is 4.79 Å². The third-order valence-corrected chi connectivity index (χ3v) is 3.60. The van der Waals surface area contributed by atoms with Crippen LogP contribution in [0.25, 0.3) is 0 Å². The molecule has 0 amide bonds. The number of hydrogen-bond acceptors (Lipinski definition) is 2. The molecule has 1 saturated heterocycles. The molecule has 1 aliphatic carbocycles. The first-order valence-corrected chi connectivity index (χ1v) is 5.26. The van der Waals surface area contributed by atoms with E-state index in [2.05, 4.69) is 18.9 Å². The maximum Gasteiger partial charge on any atom is 0.125 e. The fourth-order valence-electron chi connectivity index (χ4n) is 3.37. The van der Waals surface area contributed by atoms with E-state index in [0.29, 0.717) is 0 Å². The van der Waals surface area contributed by atoms with Crippen LogP contribution < -0.4 is 0 Å². The number of fused-ring (bicyclic) bond motifs is 2. The van der Waals surface area contributed by atoms with Crippen LogP contribution in [0.3, 0.4) is 0 Å². The van der Waals surface area contributed by atoms with Crippen molar-refractivity contribution in [2.75, 3.05) is 20.1 Å². The van der Waals surface area contributed by atoms with Crippen molar-refractivity contribution in [3.63, 3.8) is 0 Å². The molecule has 0 aromatic carbocycles. The molecule has 1 aliphatic heterocycles. The minimum atomic E-state index is -0.00512. The monoisotopic (exact) mass is 181 g/mol. The minimum Gasteiger partial charge on any atom is -0.306 e. The number of carbonyl (C=O) groups is 1. The first-order valence-electron chi connectivity index (χ1n) is 5.26. The average molecular weight is 181 g/mol. The van der Waals surface area contributed by atoms with Crippen LogP contribution in [0.1, 0.15) is 26.2 Å². The molecule has 0 aromatic heterocycles. The molecule has 2 heteroatoms. The lowest BCUT2D eigenvalue weighted by Gasteiger charge is -2.45. The summed E-state index contributed by atoms with van der Waals surface area (Å²) in [4.78, 5) is 13.4. The second kappa shape index (κ2) is 3.09. The van der Waals surface area contributed by atoms with Crippen molar-refractivity contribution in [1.82, 2.24) is 4.90 Å². The molecule has 0 aromatic rings. The molecule has 1 saturated carbocycles. The number of aldehydes is 1. The zero-order valence-electron chi connectivity index (χ0n) is 8.62. The van der Waals surface area contributed by atoms with Gasteiger partial charge in [0, 0.05) is 18.5 Å². The van der Waals surface area contributed by atoms with Gasteiger partial charge in [-0.3, -0.25) is 0 Å². The van der Waals surface area contributed by atoms with Gasteiger partial charge in [0.2, 0.25) is 0 Å². The minimum absolute atomic E-state index is 0.00512. The summed E-state index contributed by atoms with van der Waals surface area (Å²) in [6.45, 7) is 4.52. The zero-order chi connectivity index (χ0) is 9.47. The van der Waals surface area contributed by atoms with Gasteiger partial charge in [0.05, 0.1) is 0 Å². The number of piperidine rings is 1. The van der Waals surface area contributed by atoms with Gasteiger partial charge in [0.25, 0.3) is 0 Å². The number of hydrogen-bond donors (Lipinski definition) is 0. The lowest BCUT2D eigenvalue weighted by Crippen LogP contribution is -2.46. The summed E-state index contributed by atoms with van der Waals surface area (Å²) < 4.78 is 0. The Hall–Kier alpha value is -0.370. The van der Waals surface area contributed by atoms with E-state index in [4.69, 9.17) is 0 Å². The van der Waals surface area contributed by atoms with E-state index in [1.165, 1.54) is 25.8 Å². The Balaban J connectivity index is 2.09. The molecule has 74 valence electrons. The average Bonchev–Trinajstić information content (AvgIpc) is 2.01. The standard InChI is InChI=1S/C11H19NO/c1-11(8-13)4-9-3-10(5-11)7-12(2)6-9/h8-10H,3-7H2,1-2H3. The van der Waals surface area contributed by atoms with Gasteiger partial charge in [0.1, 0.15) is 6.29 Å². The van der Waals surface area contributed by atoms with Gasteiger partial charge in [-0.1, -0.05) is 6.92 Å². The summed E-state index contributed by atoms with van der Waals surface area (Å²) >= 11 is 0. The van der Waals surface area contributed by atoms with Crippen molar-refractivity contribution in [3.05, 3.63) is 0 Å². The van der Waals surface area contributed by atoms with Gasteiger partial charge in [-0.05, 0) is 38.1 Å². The number of carbonyl (C=O) groups excluding carboxylic acids is 1. The van der Waals surface area contributed by atoms with E-state index >= 15 is 0 Å². The smallest absolute Gasteiger partial charge is 0.125 e. The summed E-state index contributed by atoms with van der Waals surface area (Å²) in [5.41, 5.74) is -0.00512. The molecular weight excluding hydrogens is 162 g/mol. The Morgan fingerprint density at radius 1 is 1.31 bits per heavy atom. The normalized spacial score (nSPS) is 46.0. The van der Waals surface area contributed by atoms with Gasteiger partial charge in [-0.2, -0.15) is 0 Å². The van der Waals surface area contributed by atoms with Gasteiger partial charge in [-0.25, -0.2) is 0 Å². The van der Waals surface area contributed by atoms with Gasteiger partial charge >= 0.3 is 0 Å². The molecule has 13 heavy (non-hydrogen) atoms. The fraction of sp³-hybridized carbons (Fsp3) is 0.909. The molecule has 0 spiro atoms. The van der Waals surface area contributed by atoms with Crippen molar-refractivity contribution in [2.24, 2.45) is 17.3 Å². The van der Waals surface area contributed by atoms with Crippen LogP contribution >= 0.6 is 0 Å². The number of rotatable bonds is 1. The van der Waals surface area contributed by atoms with E-state index in [9.17, 15) is 4.79 Å². The third kappa shape index (κ3) is 1.78. The molecule has 1 heterocycles. The molecule has 2 bridgehead atoms. The van der Waals surface area contributed by atoms with E-state index < -0.39 is 0 Å². The summed E-state index contributed by atoms with van der Waals surface area (Å²) in [5, 5.41) is 0. The fourth-order valence-corrected chi connectivity index (χ4v) is 3.37. The molecule has 2 fully saturated rings. The van der Waals surface area contributed by atoms with Crippen LogP contribution in [0.5, 0.6) is 0 Å². The molecule has 2 rings (SSSR count). The lowest BCUT2D eigenvalue weighted by atomic mass is 9.65. The molecule has 2 nitrogen and oxygen atoms in total. The summed E-state index contributed by atoms with van der Waals surface area (Å²) in [6.07, 6.45) is 4.76. The highest BCUT2D eigenvalue weighted by molar-refractivity contribution is 5.59. The third-order valence-electron chi connectivity index (χ3n) is 3.60. The van der Waals surface area contributed by atoms with E-state index in [1.807, 2.05) is 0 Å². The summed E-state index contributed by atoms with van der Waals surface area (Å²) in [6, 6.07) is 0. The van der Waals surface area contributed by atoms with Crippen molar-refractivity contribution in [3.8, 4) is 0 Å². The van der Waals surface area contributed by atoms with Crippen LogP contribution in [0, 0.1) is 17.3 Å². The molecule has 0 N–H and O–H groups in total. The van der Waals surface area contributed by atoms with Crippen molar-refractivity contribution in [1.29, 1.82) is 0 Å². The maximum atomic E-state index is 11.0. The first-order chi connectivity index (χ1) is 6.11. The Morgan fingerprint density at radius 2 is 1.85 bits per heavy atom. The molecule has 2 aliphatic rings. The largest absolute Gasteiger partial charge is 0.306 e. The van der Waals surface area contributed by atoms with E-state index in [-0.39, 0.29) is 5.41 Å². The highest BCUT2D eigenvalue weighted by Gasteiger charge is 2.40. The molecule has 2 atom stereocenters. The zero-order valence-corrected chi connectivity index (χ0v) is 8.62. The SMILES string of the molecule is CN1CC2CC(C1)CC(C)(C=O)C2. The number of likely N-dealkylation sites (tertiary alicyclic amines) is 1. The Labute approximate surface area is 80.3 Å². The van der Waals surface area contributed by atoms with Gasteiger partial charge < -0.3 is 9.69 Å². The second-order valence-corrected chi connectivity index (χ2v) is 5.37. The highest BCUT2D eigenvalue weighted by Crippen LogP contribution is 2.43. The lowest BCUT2D eigenvalue weighted by molar-refractivity contribution is -0.120. The Bertz CT molecular complexity index is 196. The van der Waals surface area contributed by atoms with Crippen LogP contribution in [0.15, 0.2) is 0 Å². The topological polar surface area (TPSA) is 20.3 Å². The van der Waals surface area contributed by atoms with Crippen LogP contribution in [-0.4, -0.2) is 31.3 Å². The first kappa shape index (κ1) is 9.20. The van der Waals surface area contributed by atoms with Crippen LogP contribution in [0.2, 0.25) is 0 Å². The van der Waals surface area contributed by atoms with Crippen LogP contribution in [-0.2, 0) is 4.79 Å². The maximum absolute atomic E-state index is 11.0. The van der Waals surface area contributed by atoms with E-state index in [1.54, 1.807) is 0 Å². The number of nitrogens with zero attached hydrogens (tertiary/aromatic N) is 1. The van der Waals surface area contributed by atoms with Crippen molar-refractivity contribution in [2.45, 2.75) is 26.2 Å². The summed E-state index contributed by atoms with van der Waals surface area (Å²) in [7, 11) is 2.20. The van der Waals surface area contributed by atoms with Gasteiger partial charge in [-0.15, -0.1) is 0 Å². The molecule has 2 unspecified atom stereocenters. The molecule has 0 radical (unpaired) electrons.